The van der Waals surface area contributed by atoms with Crippen molar-refractivity contribution < 1.29 is 10.0 Å². The van der Waals surface area contributed by atoms with Crippen molar-refractivity contribution in [1.29, 1.82) is 0 Å². The number of likely N-dealkylation sites (N-methyl/N-ethyl adjacent to an activating group) is 1. The van der Waals surface area contributed by atoms with Crippen LogP contribution in [-0.4, -0.2) is 48.0 Å². The Balaban J connectivity index is 1.87. The molecule has 0 aliphatic carbocycles. The lowest BCUT2D eigenvalue weighted by Crippen LogP contribution is -2.46. The molecule has 0 radical (unpaired) electrons. The molecule has 6 nitrogen and oxygen atoms in total. The number of hydrogen-bond donors (Lipinski definition) is 3. The number of amides is 1. The van der Waals surface area contributed by atoms with Crippen molar-refractivity contribution >= 4 is 11.7 Å². The highest BCUT2D eigenvalue weighted by Gasteiger charge is 2.18. The number of oxime groups is 1. The zero-order chi connectivity index (χ0) is 15.2. The molecule has 1 unspecified atom stereocenters. The van der Waals surface area contributed by atoms with Gasteiger partial charge in [-0.15, -0.1) is 0 Å². The predicted octanol–water partition coefficient (Wildman–Crippen LogP) is 0.534. The quantitative estimate of drug-likeness (QED) is 0.326. The van der Waals surface area contributed by atoms with Gasteiger partial charge in [0.15, 0.2) is 5.84 Å². The van der Waals surface area contributed by atoms with Gasteiger partial charge in [-0.25, -0.2) is 0 Å². The Hall–Kier alpha value is -2.08. The van der Waals surface area contributed by atoms with Gasteiger partial charge in [-0.2, -0.15) is 0 Å². The summed E-state index contributed by atoms with van der Waals surface area (Å²) in [7, 11) is 2.07. The van der Waals surface area contributed by atoms with E-state index in [4.69, 9.17) is 10.9 Å². The Bertz CT molecular complexity index is 513. The largest absolute Gasteiger partial charge is 0.409 e. The molecule has 1 aliphatic heterocycles. The lowest BCUT2D eigenvalue weighted by Gasteiger charge is -2.30. The summed E-state index contributed by atoms with van der Waals surface area (Å²) in [6.45, 7) is 2.01. The second-order valence-corrected chi connectivity index (χ2v) is 5.53. The number of hydrogen-bond acceptors (Lipinski definition) is 4. The molecule has 1 amide bonds. The van der Waals surface area contributed by atoms with Gasteiger partial charge >= 0.3 is 0 Å². The van der Waals surface area contributed by atoms with Crippen molar-refractivity contribution in [2.24, 2.45) is 10.9 Å². The molecule has 2 rings (SSSR count). The Labute approximate surface area is 124 Å². The van der Waals surface area contributed by atoms with Crippen LogP contribution in [0.2, 0.25) is 0 Å². The van der Waals surface area contributed by atoms with Gasteiger partial charge in [0.1, 0.15) is 0 Å². The number of nitrogens with one attached hydrogen (secondary N) is 1. The van der Waals surface area contributed by atoms with Crippen LogP contribution in [0.25, 0.3) is 0 Å². The van der Waals surface area contributed by atoms with E-state index in [0.29, 0.717) is 12.0 Å². The van der Waals surface area contributed by atoms with E-state index in [1.807, 2.05) is 12.1 Å². The molecule has 6 heteroatoms. The summed E-state index contributed by atoms with van der Waals surface area (Å²) in [5, 5.41) is 14.6. The van der Waals surface area contributed by atoms with E-state index < -0.39 is 0 Å². The van der Waals surface area contributed by atoms with E-state index >= 15 is 0 Å². The molecule has 0 spiro atoms. The molecule has 0 aromatic heterocycles. The first-order chi connectivity index (χ1) is 10.1. The van der Waals surface area contributed by atoms with Crippen molar-refractivity contribution in [3.8, 4) is 0 Å². The summed E-state index contributed by atoms with van der Waals surface area (Å²) in [6, 6.07) is 7.37. The second kappa shape index (κ2) is 7.08. The maximum absolute atomic E-state index is 12.0. The van der Waals surface area contributed by atoms with E-state index in [0.717, 1.165) is 31.5 Å². The minimum atomic E-state index is 0.0341. The molecule has 1 saturated heterocycles. The molecule has 0 saturated carbocycles. The fourth-order valence-corrected chi connectivity index (χ4v) is 2.60. The van der Waals surface area contributed by atoms with Crippen molar-refractivity contribution in [3.05, 3.63) is 35.4 Å². The number of benzene rings is 1. The number of rotatable bonds is 4. The Morgan fingerprint density at radius 2 is 2.19 bits per heavy atom. The zero-order valence-electron chi connectivity index (χ0n) is 12.2. The molecule has 114 valence electrons. The lowest BCUT2D eigenvalue weighted by atomic mass is 10.0. The molecule has 1 atom stereocenters. The highest BCUT2D eigenvalue weighted by Crippen LogP contribution is 2.09. The van der Waals surface area contributed by atoms with Crippen LogP contribution in [0, 0.1) is 0 Å². The predicted molar refractivity (Wildman–Crippen MR) is 81.3 cm³/mol. The fourth-order valence-electron chi connectivity index (χ4n) is 2.60. The highest BCUT2D eigenvalue weighted by atomic mass is 16.4. The van der Waals surface area contributed by atoms with Crippen molar-refractivity contribution in [1.82, 2.24) is 10.2 Å². The number of nitrogens with two attached hydrogens (primary N) is 1. The first-order valence-corrected chi connectivity index (χ1v) is 7.13. The van der Waals surface area contributed by atoms with Crippen LogP contribution in [0.4, 0.5) is 0 Å². The average molecular weight is 290 g/mol. The molecular weight excluding hydrogens is 268 g/mol. The minimum absolute atomic E-state index is 0.0341. The molecule has 1 fully saturated rings. The van der Waals surface area contributed by atoms with E-state index in [-0.39, 0.29) is 17.8 Å². The minimum Gasteiger partial charge on any atom is -0.409 e. The summed E-state index contributed by atoms with van der Waals surface area (Å²) in [4.78, 5) is 14.3. The van der Waals surface area contributed by atoms with Gasteiger partial charge in [0.2, 0.25) is 5.91 Å². The average Bonchev–Trinajstić information content (AvgIpc) is 2.47. The lowest BCUT2D eigenvalue weighted by molar-refractivity contribution is -0.121. The summed E-state index contributed by atoms with van der Waals surface area (Å²) in [5.41, 5.74) is 7.04. The monoisotopic (exact) mass is 290 g/mol. The van der Waals surface area contributed by atoms with Crippen molar-refractivity contribution in [2.75, 3.05) is 20.1 Å². The van der Waals surface area contributed by atoms with Gasteiger partial charge in [-0.3, -0.25) is 4.79 Å². The fraction of sp³-hybridized carbons (Fsp3) is 0.467. The van der Waals surface area contributed by atoms with Crippen LogP contribution < -0.4 is 11.1 Å². The first kappa shape index (κ1) is 15.3. The standard InChI is InChI=1S/C15H22N4O2/c1-19-8-2-3-13(10-19)17-14(20)9-11-4-6-12(7-5-11)15(16)18-21/h4-7,13,21H,2-3,8-10H2,1H3,(H2,16,18)(H,17,20). The third-order valence-electron chi connectivity index (χ3n) is 3.71. The Morgan fingerprint density at radius 1 is 1.48 bits per heavy atom. The molecule has 1 aliphatic rings. The van der Waals surface area contributed by atoms with Crippen LogP contribution >= 0.6 is 0 Å². The van der Waals surface area contributed by atoms with Gasteiger partial charge in [0.25, 0.3) is 0 Å². The van der Waals surface area contributed by atoms with E-state index in [1.165, 1.54) is 0 Å². The number of carbonyl (C=O) groups excluding carboxylic acids is 1. The van der Waals surface area contributed by atoms with Crippen LogP contribution in [0.5, 0.6) is 0 Å². The van der Waals surface area contributed by atoms with Crippen LogP contribution in [0.1, 0.15) is 24.0 Å². The van der Waals surface area contributed by atoms with E-state index in [1.54, 1.807) is 12.1 Å². The molecule has 0 bridgehead atoms. The molecule has 1 aromatic rings. The molecular formula is C15H22N4O2. The summed E-state index contributed by atoms with van der Waals surface area (Å²) >= 11 is 0. The smallest absolute Gasteiger partial charge is 0.224 e. The third kappa shape index (κ3) is 4.46. The van der Waals surface area contributed by atoms with Gasteiger partial charge in [0.05, 0.1) is 6.42 Å². The molecule has 4 N–H and O–H groups in total. The summed E-state index contributed by atoms with van der Waals surface area (Å²) in [6.07, 6.45) is 2.51. The van der Waals surface area contributed by atoms with Gasteiger partial charge in [-0.05, 0) is 32.0 Å². The van der Waals surface area contributed by atoms with Crippen LogP contribution in [0.3, 0.4) is 0 Å². The number of amidine groups is 1. The molecule has 1 heterocycles. The molecule has 1 aromatic carbocycles. The number of carbonyl (C=O) groups is 1. The maximum atomic E-state index is 12.0. The van der Waals surface area contributed by atoms with Gasteiger partial charge in [-0.1, -0.05) is 29.4 Å². The normalized spacial score (nSPS) is 20.2. The Morgan fingerprint density at radius 3 is 2.81 bits per heavy atom. The number of nitrogens with zero attached hydrogens (tertiary/aromatic N) is 2. The number of likely N-dealkylation sites (tertiary alicyclic amines) is 1. The SMILES string of the molecule is CN1CCCC(NC(=O)Cc2ccc(C(N)=NO)cc2)C1. The Kier molecular flexibility index (Phi) is 5.16. The van der Waals surface area contributed by atoms with E-state index in [2.05, 4.69) is 22.4 Å². The molecule has 21 heavy (non-hydrogen) atoms. The first-order valence-electron chi connectivity index (χ1n) is 7.13. The maximum Gasteiger partial charge on any atom is 0.224 e. The van der Waals surface area contributed by atoms with Crippen LogP contribution in [0.15, 0.2) is 29.4 Å². The summed E-state index contributed by atoms with van der Waals surface area (Å²) in [5.74, 6) is 0.100. The third-order valence-corrected chi connectivity index (χ3v) is 3.71. The zero-order valence-corrected chi connectivity index (χ0v) is 12.2. The topological polar surface area (TPSA) is 91.0 Å². The second-order valence-electron chi connectivity index (χ2n) is 5.53. The van der Waals surface area contributed by atoms with Crippen molar-refractivity contribution in [2.45, 2.75) is 25.3 Å². The van der Waals surface area contributed by atoms with Crippen molar-refractivity contribution in [3.63, 3.8) is 0 Å². The summed E-state index contributed by atoms with van der Waals surface area (Å²) < 4.78 is 0. The van der Waals surface area contributed by atoms with E-state index in [9.17, 15) is 4.79 Å². The van der Waals surface area contributed by atoms with Gasteiger partial charge < -0.3 is 21.2 Å². The number of piperidine rings is 1. The van der Waals surface area contributed by atoms with Crippen LogP contribution in [-0.2, 0) is 11.2 Å². The highest BCUT2D eigenvalue weighted by molar-refractivity contribution is 5.97. The van der Waals surface area contributed by atoms with Gasteiger partial charge in [0, 0.05) is 18.2 Å².